The Morgan fingerprint density at radius 1 is 0.792 bits per heavy atom. The second-order valence-electron chi connectivity index (χ2n) is 4.78. The van der Waals surface area contributed by atoms with Crippen molar-refractivity contribution in [3.05, 3.63) is 63.9 Å². The third-order valence-corrected chi connectivity index (χ3v) is 4.72. The largest absolute Gasteiger partial charge is 0.310 e. The lowest BCUT2D eigenvalue weighted by Gasteiger charge is -2.40. The summed E-state index contributed by atoms with van der Waals surface area (Å²) < 4.78 is 76.0. The van der Waals surface area contributed by atoms with E-state index in [0.717, 1.165) is 18.2 Å². The maximum atomic E-state index is 13.1. The van der Waals surface area contributed by atoms with Crippen LogP contribution in [0.5, 0.6) is 0 Å². The van der Waals surface area contributed by atoms with E-state index in [1.54, 1.807) is 0 Å². The van der Waals surface area contributed by atoms with Crippen molar-refractivity contribution in [1.29, 1.82) is 0 Å². The standard InChI is InChI=1S/C14H7BrF6O2S/c15-11-7-9(3-6-12(11)16)14(23)13(22)8-1-4-10(5-2-8)24(17,18,19,20)21/h1-7H. The Labute approximate surface area is 140 Å². The van der Waals surface area contributed by atoms with Gasteiger partial charge < -0.3 is 0 Å². The molecule has 10 heteroatoms. The normalized spacial score (nSPS) is 14.6. The predicted octanol–water partition coefficient (Wildman–Crippen LogP) is 6.31. The van der Waals surface area contributed by atoms with Crippen LogP contribution in [0, 0.1) is 5.82 Å². The minimum Gasteiger partial charge on any atom is -0.285 e. The fraction of sp³-hybridized carbons (Fsp3) is 0. The zero-order valence-electron chi connectivity index (χ0n) is 11.4. The van der Waals surface area contributed by atoms with Crippen LogP contribution in [0.1, 0.15) is 20.7 Å². The van der Waals surface area contributed by atoms with Gasteiger partial charge in [-0.2, -0.15) is 0 Å². The van der Waals surface area contributed by atoms with Crippen molar-refractivity contribution in [1.82, 2.24) is 0 Å². The summed E-state index contributed by atoms with van der Waals surface area (Å²) in [5.41, 5.74) is -0.698. The van der Waals surface area contributed by atoms with E-state index in [1.807, 2.05) is 0 Å². The molecular formula is C14H7BrF6O2S. The first-order chi connectivity index (χ1) is 10.7. The quantitative estimate of drug-likeness (QED) is 0.322. The number of carbonyl (C=O) groups excluding carboxylic acids is 2. The number of carbonyl (C=O) groups is 2. The molecule has 0 aliphatic rings. The van der Waals surface area contributed by atoms with Gasteiger partial charge in [0.1, 0.15) is 10.7 Å². The van der Waals surface area contributed by atoms with E-state index in [4.69, 9.17) is 0 Å². The molecule has 24 heavy (non-hydrogen) atoms. The van der Waals surface area contributed by atoms with Crippen molar-refractivity contribution in [2.45, 2.75) is 4.90 Å². The van der Waals surface area contributed by atoms with Gasteiger partial charge in [-0.15, -0.1) is 0 Å². The summed E-state index contributed by atoms with van der Waals surface area (Å²) in [6, 6.07) is 4.03. The van der Waals surface area contributed by atoms with Gasteiger partial charge in [0.15, 0.2) is 0 Å². The van der Waals surface area contributed by atoms with Crippen molar-refractivity contribution in [3.63, 3.8) is 0 Å². The highest BCUT2D eigenvalue weighted by Crippen LogP contribution is 3.02. The van der Waals surface area contributed by atoms with Crippen molar-refractivity contribution < 1.29 is 33.4 Å². The molecule has 2 nitrogen and oxygen atoms in total. The summed E-state index contributed by atoms with van der Waals surface area (Å²) in [7, 11) is -9.85. The van der Waals surface area contributed by atoms with Crippen LogP contribution in [0.2, 0.25) is 0 Å². The number of hydrogen-bond donors (Lipinski definition) is 0. The summed E-state index contributed by atoms with van der Waals surface area (Å²) in [4.78, 5) is 21.7. The van der Waals surface area contributed by atoms with E-state index in [2.05, 4.69) is 15.9 Å². The van der Waals surface area contributed by atoms with Gasteiger partial charge in [-0.25, -0.2) is 4.39 Å². The second-order valence-corrected chi connectivity index (χ2v) is 8.04. The zero-order chi connectivity index (χ0) is 18.4. The first-order valence-electron chi connectivity index (χ1n) is 6.07. The third-order valence-electron chi connectivity index (χ3n) is 2.95. The monoisotopic (exact) mass is 432 g/mol. The summed E-state index contributed by atoms with van der Waals surface area (Å²) in [6.45, 7) is 0. The molecule has 0 N–H and O–H groups in total. The van der Waals surface area contributed by atoms with E-state index in [9.17, 15) is 33.4 Å². The van der Waals surface area contributed by atoms with Gasteiger partial charge in [0.25, 0.3) is 0 Å². The van der Waals surface area contributed by atoms with Gasteiger partial charge >= 0.3 is 10.2 Å². The molecule has 0 unspecified atom stereocenters. The van der Waals surface area contributed by atoms with Gasteiger partial charge in [-0.1, -0.05) is 19.4 Å². The molecule has 0 spiro atoms. The maximum absolute atomic E-state index is 13.1. The Morgan fingerprint density at radius 3 is 1.71 bits per heavy atom. The second kappa shape index (κ2) is 5.09. The number of halogens is 7. The first kappa shape index (κ1) is 18.5. The molecule has 2 aromatic carbocycles. The fourth-order valence-corrected chi connectivity index (χ4v) is 2.79. The van der Waals surface area contributed by atoms with Crippen molar-refractivity contribution in [3.8, 4) is 0 Å². The summed E-state index contributed by atoms with van der Waals surface area (Å²) in [5, 5.41) is 0. The fourth-order valence-electron chi connectivity index (χ4n) is 1.76. The molecule has 0 radical (unpaired) electrons. The van der Waals surface area contributed by atoms with Crippen molar-refractivity contribution in [2.75, 3.05) is 0 Å². The average molecular weight is 433 g/mol. The number of hydrogen-bond acceptors (Lipinski definition) is 2. The Hall–Kier alpha value is -1.81. The lowest BCUT2D eigenvalue weighted by Crippen LogP contribution is -2.15. The van der Waals surface area contributed by atoms with E-state index in [-0.39, 0.29) is 22.2 Å². The summed E-state index contributed by atoms with van der Waals surface area (Å²) >= 11 is 2.82. The first-order valence-corrected chi connectivity index (χ1v) is 8.82. The molecule has 0 fully saturated rings. The van der Waals surface area contributed by atoms with Crippen LogP contribution in [-0.2, 0) is 0 Å². The minimum atomic E-state index is -9.85. The Morgan fingerprint density at radius 2 is 1.25 bits per heavy atom. The number of Topliss-reactive ketones (excluding diaryl/α,β-unsaturated/α-hetero) is 2. The Balaban J connectivity index is 2.34. The average Bonchev–Trinajstić information content (AvgIpc) is 2.46. The number of benzene rings is 2. The number of rotatable bonds is 4. The van der Waals surface area contributed by atoms with E-state index >= 15 is 0 Å². The molecule has 0 saturated carbocycles. The lowest BCUT2D eigenvalue weighted by atomic mass is 10.0. The summed E-state index contributed by atoms with van der Waals surface area (Å²) in [5.74, 6) is -3.00. The van der Waals surface area contributed by atoms with Crippen LogP contribution in [0.25, 0.3) is 0 Å². The molecule has 0 saturated heterocycles. The van der Waals surface area contributed by atoms with E-state index in [0.29, 0.717) is 12.1 Å². The van der Waals surface area contributed by atoms with Crippen LogP contribution < -0.4 is 0 Å². The highest BCUT2D eigenvalue weighted by molar-refractivity contribution is 9.10. The lowest BCUT2D eigenvalue weighted by molar-refractivity contribution is 0.0817. The van der Waals surface area contributed by atoms with Gasteiger partial charge in [-0.05, 0) is 58.4 Å². The molecule has 0 amide bonds. The van der Waals surface area contributed by atoms with Crippen LogP contribution in [0.4, 0.5) is 23.8 Å². The molecule has 0 atom stereocenters. The topological polar surface area (TPSA) is 34.1 Å². The van der Waals surface area contributed by atoms with Gasteiger partial charge in [0.05, 0.1) is 4.47 Å². The minimum absolute atomic E-state index is 0.0443. The molecule has 130 valence electrons. The van der Waals surface area contributed by atoms with Crippen LogP contribution in [-0.4, -0.2) is 11.6 Å². The molecule has 0 heterocycles. The molecule has 2 rings (SSSR count). The smallest absolute Gasteiger partial charge is 0.285 e. The highest BCUT2D eigenvalue weighted by atomic mass is 79.9. The maximum Gasteiger partial charge on any atom is 0.310 e. The van der Waals surface area contributed by atoms with Crippen LogP contribution in [0.15, 0.2) is 51.8 Å². The van der Waals surface area contributed by atoms with Gasteiger partial charge in [-0.3, -0.25) is 9.59 Å². The van der Waals surface area contributed by atoms with Gasteiger partial charge in [0.2, 0.25) is 11.6 Å². The Bertz CT molecular complexity index is 847. The molecule has 0 aliphatic heterocycles. The summed E-state index contributed by atoms with van der Waals surface area (Å²) in [6.07, 6.45) is 0. The predicted molar refractivity (Wildman–Crippen MR) is 80.6 cm³/mol. The SMILES string of the molecule is O=C(C(=O)c1ccc(F)c(Br)c1)c1ccc(S(F)(F)(F)(F)F)cc1. The van der Waals surface area contributed by atoms with Crippen LogP contribution >= 0.6 is 26.2 Å². The highest BCUT2D eigenvalue weighted by Gasteiger charge is 2.65. The van der Waals surface area contributed by atoms with Crippen molar-refractivity contribution in [2.24, 2.45) is 0 Å². The molecule has 0 aliphatic carbocycles. The molecule has 2 aromatic rings. The Kier molecular flexibility index (Phi) is 3.93. The third kappa shape index (κ3) is 3.99. The zero-order valence-corrected chi connectivity index (χ0v) is 13.8. The van der Waals surface area contributed by atoms with Crippen LogP contribution in [0.3, 0.4) is 0 Å². The van der Waals surface area contributed by atoms with E-state index in [1.165, 1.54) is 0 Å². The van der Waals surface area contributed by atoms with E-state index < -0.39 is 38.1 Å². The molecule has 0 aromatic heterocycles. The van der Waals surface area contributed by atoms with Gasteiger partial charge in [0, 0.05) is 11.1 Å². The molecule has 0 bridgehead atoms. The van der Waals surface area contributed by atoms with Crippen molar-refractivity contribution >= 4 is 37.7 Å². The molecular weight excluding hydrogens is 426 g/mol. The number of ketones is 2.